The Labute approximate surface area is 220 Å². The standard InChI is InChI=1S/C26H32F3N6O2P/c1-25(2)9-8-15(12-32-25)33-23-31-14-18(26(27,28)29)20(35-23)17-13-30-21-16(17)6-7-19(34-24(36)37-3)22(21)38-10-4-5-11-38/h6-7,13-15,30,32H,4-5,8-12H2,1-3H3,(H,34,36)(H,31,33,35). The second kappa shape index (κ2) is 10.3. The summed E-state index contributed by atoms with van der Waals surface area (Å²) < 4.78 is 47.1. The first kappa shape index (κ1) is 26.7. The van der Waals surface area contributed by atoms with Crippen molar-refractivity contribution >= 4 is 41.9 Å². The number of carbonyl (C=O) groups excluding carboxylic acids is 1. The average Bonchev–Trinajstić information content (AvgIpc) is 3.55. The molecule has 2 aliphatic heterocycles. The average molecular weight is 549 g/mol. The van der Waals surface area contributed by atoms with Gasteiger partial charge in [0.2, 0.25) is 5.95 Å². The number of aromatic amines is 1. The van der Waals surface area contributed by atoms with Gasteiger partial charge in [-0.3, -0.25) is 5.32 Å². The Morgan fingerprint density at radius 3 is 2.66 bits per heavy atom. The van der Waals surface area contributed by atoms with E-state index in [1.165, 1.54) is 7.11 Å². The number of H-pyrrole nitrogens is 1. The van der Waals surface area contributed by atoms with Crippen molar-refractivity contribution in [3.63, 3.8) is 0 Å². The van der Waals surface area contributed by atoms with E-state index in [4.69, 9.17) is 4.74 Å². The number of nitrogens with zero attached hydrogens (tertiary/aromatic N) is 2. The molecular formula is C26H32F3N6O2P. The summed E-state index contributed by atoms with van der Waals surface area (Å²) in [6.45, 7) is 4.92. The van der Waals surface area contributed by atoms with Gasteiger partial charge in [0.15, 0.2) is 0 Å². The van der Waals surface area contributed by atoms with E-state index in [0.717, 1.165) is 55.0 Å². The molecule has 4 N–H and O–H groups in total. The first-order valence-electron chi connectivity index (χ1n) is 12.8. The van der Waals surface area contributed by atoms with E-state index < -0.39 is 25.8 Å². The van der Waals surface area contributed by atoms with Crippen LogP contribution in [-0.4, -0.2) is 58.6 Å². The third kappa shape index (κ3) is 5.45. The Hall–Kier alpha value is -2.91. The molecule has 12 heteroatoms. The van der Waals surface area contributed by atoms with Crippen LogP contribution in [0.3, 0.4) is 0 Å². The molecule has 1 aromatic carbocycles. The number of halogens is 3. The fourth-order valence-corrected chi connectivity index (χ4v) is 8.06. The number of alkyl halides is 3. The largest absolute Gasteiger partial charge is 0.453 e. The minimum atomic E-state index is -4.63. The third-order valence-electron chi connectivity index (χ3n) is 7.30. The van der Waals surface area contributed by atoms with Gasteiger partial charge in [-0.1, -0.05) is 14.0 Å². The highest BCUT2D eigenvalue weighted by atomic mass is 31.1. The summed E-state index contributed by atoms with van der Waals surface area (Å²) in [4.78, 5) is 23.7. The maximum Gasteiger partial charge on any atom is 0.419 e. The van der Waals surface area contributed by atoms with Crippen LogP contribution in [0.15, 0.2) is 24.5 Å². The van der Waals surface area contributed by atoms with Crippen LogP contribution in [0.2, 0.25) is 0 Å². The molecule has 1 amide bonds. The molecule has 38 heavy (non-hydrogen) atoms. The van der Waals surface area contributed by atoms with Gasteiger partial charge in [-0.25, -0.2) is 14.8 Å². The first-order valence-corrected chi connectivity index (χ1v) is 14.5. The molecule has 3 aromatic rings. The van der Waals surface area contributed by atoms with E-state index in [1.54, 1.807) is 18.3 Å². The summed E-state index contributed by atoms with van der Waals surface area (Å²) in [7, 11) is 0.712. The number of carbonyl (C=O) groups is 1. The van der Waals surface area contributed by atoms with Gasteiger partial charge in [0.25, 0.3) is 0 Å². The molecule has 1 unspecified atom stereocenters. The zero-order valence-corrected chi connectivity index (χ0v) is 22.5. The van der Waals surface area contributed by atoms with Crippen molar-refractivity contribution in [1.82, 2.24) is 20.3 Å². The summed E-state index contributed by atoms with van der Waals surface area (Å²) >= 11 is 0. The summed E-state index contributed by atoms with van der Waals surface area (Å²) in [5.41, 5.74) is 0.650. The first-order chi connectivity index (χ1) is 18.1. The van der Waals surface area contributed by atoms with E-state index in [-0.39, 0.29) is 23.2 Å². The minimum absolute atomic E-state index is 0.0132. The molecule has 8 nitrogen and oxygen atoms in total. The SMILES string of the molecule is COC(=O)Nc1ccc2c(-c3nc(NC4CCC(C)(C)NC4)ncc3C(F)(F)F)c[nH]c2c1P1CCCC1. The van der Waals surface area contributed by atoms with Crippen LogP contribution in [0, 0.1) is 0 Å². The molecule has 0 aliphatic carbocycles. The predicted octanol–water partition coefficient (Wildman–Crippen LogP) is 5.67. The number of hydrogen-bond donors (Lipinski definition) is 4. The van der Waals surface area contributed by atoms with Crippen molar-refractivity contribution in [2.75, 3.05) is 36.6 Å². The third-order valence-corrected chi connectivity index (χ3v) is 10.1. The van der Waals surface area contributed by atoms with Crippen LogP contribution < -0.4 is 21.3 Å². The van der Waals surface area contributed by atoms with Gasteiger partial charge in [-0.05, 0) is 57.9 Å². The van der Waals surface area contributed by atoms with Gasteiger partial charge >= 0.3 is 12.3 Å². The Morgan fingerprint density at radius 1 is 1.24 bits per heavy atom. The van der Waals surface area contributed by atoms with Crippen molar-refractivity contribution in [3.05, 3.63) is 30.1 Å². The van der Waals surface area contributed by atoms with Crippen molar-refractivity contribution in [2.45, 2.75) is 57.3 Å². The Morgan fingerprint density at radius 2 is 2.00 bits per heavy atom. The number of ether oxygens (including phenoxy) is 1. The molecule has 2 saturated heterocycles. The topological polar surface area (TPSA) is 104 Å². The van der Waals surface area contributed by atoms with Gasteiger partial charge in [0, 0.05) is 46.8 Å². The summed E-state index contributed by atoms with van der Waals surface area (Å²) in [5, 5.41) is 11.0. The molecule has 0 bridgehead atoms. The number of aromatic nitrogens is 3. The molecular weight excluding hydrogens is 516 g/mol. The lowest BCUT2D eigenvalue weighted by Gasteiger charge is -2.36. The molecule has 2 fully saturated rings. The van der Waals surface area contributed by atoms with Crippen LogP contribution in [0.25, 0.3) is 22.2 Å². The van der Waals surface area contributed by atoms with Crippen molar-refractivity contribution in [1.29, 1.82) is 0 Å². The van der Waals surface area contributed by atoms with Crippen LogP contribution in [0.5, 0.6) is 0 Å². The fraction of sp³-hybridized carbons (Fsp3) is 0.500. The fourth-order valence-electron chi connectivity index (χ4n) is 5.21. The van der Waals surface area contributed by atoms with E-state index >= 15 is 0 Å². The lowest BCUT2D eigenvalue weighted by molar-refractivity contribution is -0.137. The van der Waals surface area contributed by atoms with Gasteiger partial charge < -0.3 is 20.4 Å². The highest BCUT2D eigenvalue weighted by Crippen LogP contribution is 2.47. The zero-order valence-electron chi connectivity index (χ0n) is 21.6. The second-order valence-corrected chi connectivity index (χ2v) is 12.9. The molecule has 2 aliphatic rings. The predicted molar refractivity (Wildman–Crippen MR) is 145 cm³/mol. The maximum absolute atomic E-state index is 14.1. The highest BCUT2D eigenvalue weighted by Gasteiger charge is 2.37. The number of hydrogen-bond acceptors (Lipinski definition) is 6. The summed E-state index contributed by atoms with van der Waals surface area (Å²) in [6, 6.07) is 3.48. The van der Waals surface area contributed by atoms with E-state index in [2.05, 4.69) is 44.7 Å². The highest BCUT2D eigenvalue weighted by molar-refractivity contribution is 7.66. The van der Waals surface area contributed by atoms with Crippen LogP contribution in [-0.2, 0) is 10.9 Å². The number of fused-ring (bicyclic) bond motifs is 1. The van der Waals surface area contributed by atoms with Gasteiger partial charge in [-0.15, -0.1) is 0 Å². The van der Waals surface area contributed by atoms with Crippen LogP contribution >= 0.6 is 7.92 Å². The number of rotatable bonds is 5. The number of methoxy groups -OCH3 is 1. The monoisotopic (exact) mass is 548 g/mol. The molecule has 0 radical (unpaired) electrons. The number of benzene rings is 1. The molecule has 0 spiro atoms. The van der Waals surface area contributed by atoms with Crippen LogP contribution in [0.4, 0.5) is 29.6 Å². The Bertz CT molecular complexity index is 1330. The van der Waals surface area contributed by atoms with E-state index in [9.17, 15) is 18.0 Å². The lowest BCUT2D eigenvalue weighted by Crippen LogP contribution is -2.50. The number of anilines is 2. The van der Waals surface area contributed by atoms with E-state index in [1.807, 2.05) is 0 Å². The maximum atomic E-state index is 14.1. The lowest BCUT2D eigenvalue weighted by atomic mass is 9.91. The van der Waals surface area contributed by atoms with Gasteiger partial charge in [0.1, 0.15) is 5.56 Å². The molecule has 5 rings (SSSR count). The quantitative estimate of drug-likeness (QED) is 0.307. The normalized spacial score (nSPS) is 20.0. The molecule has 4 heterocycles. The zero-order chi connectivity index (χ0) is 27.1. The Kier molecular flexibility index (Phi) is 7.26. The number of amides is 1. The minimum Gasteiger partial charge on any atom is -0.453 e. The number of nitrogens with one attached hydrogen (secondary N) is 4. The van der Waals surface area contributed by atoms with Gasteiger partial charge in [-0.2, -0.15) is 13.2 Å². The Balaban J connectivity index is 1.57. The molecule has 204 valence electrons. The molecule has 0 saturated carbocycles. The van der Waals surface area contributed by atoms with Crippen molar-refractivity contribution in [2.24, 2.45) is 0 Å². The molecule has 1 atom stereocenters. The van der Waals surface area contributed by atoms with Crippen molar-refractivity contribution < 1.29 is 22.7 Å². The smallest absolute Gasteiger partial charge is 0.419 e. The van der Waals surface area contributed by atoms with Crippen LogP contribution in [0.1, 0.15) is 45.1 Å². The summed E-state index contributed by atoms with van der Waals surface area (Å²) in [6.07, 6.45) is 3.17. The van der Waals surface area contributed by atoms with Gasteiger partial charge in [0.05, 0.1) is 24.0 Å². The second-order valence-electron chi connectivity index (χ2n) is 10.5. The summed E-state index contributed by atoms with van der Waals surface area (Å²) in [5.74, 6) is 0.165. The van der Waals surface area contributed by atoms with Crippen molar-refractivity contribution in [3.8, 4) is 11.3 Å². The van der Waals surface area contributed by atoms with E-state index in [0.29, 0.717) is 23.2 Å². The molecule has 2 aromatic heterocycles. The number of piperidine rings is 1.